The minimum Gasteiger partial charge on any atom is -0.458 e. The maximum absolute atomic E-state index is 13.1. The maximum Gasteiger partial charge on any atom is 0.407 e. The zero-order valence-corrected chi connectivity index (χ0v) is 23.8. The minimum absolute atomic E-state index is 0.0621. The van der Waals surface area contributed by atoms with Crippen molar-refractivity contribution in [2.75, 3.05) is 6.54 Å². The van der Waals surface area contributed by atoms with Crippen molar-refractivity contribution in [2.24, 2.45) is 0 Å². The van der Waals surface area contributed by atoms with Crippen molar-refractivity contribution < 1.29 is 28.7 Å². The molecular formula is C28H41N5O6. The lowest BCUT2D eigenvalue weighted by molar-refractivity contribution is -0.157. The maximum atomic E-state index is 13.1. The van der Waals surface area contributed by atoms with Gasteiger partial charge in [0.15, 0.2) is 5.69 Å². The summed E-state index contributed by atoms with van der Waals surface area (Å²) in [5.41, 5.74) is -0.602. The molecule has 0 spiro atoms. The molecule has 1 aromatic carbocycles. The highest BCUT2D eigenvalue weighted by Gasteiger charge is 2.29. The Balaban J connectivity index is 2.02. The number of rotatable bonds is 11. The molecule has 11 heteroatoms. The predicted octanol–water partition coefficient (Wildman–Crippen LogP) is 4.04. The molecule has 39 heavy (non-hydrogen) atoms. The highest BCUT2D eigenvalue weighted by Crippen LogP contribution is 2.15. The van der Waals surface area contributed by atoms with E-state index in [-0.39, 0.29) is 23.9 Å². The molecule has 0 saturated heterocycles. The van der Waals surface area contributed by atoms with Crippen LogP contribution in [0.3, 0.4) is 0 Å². The summed E-state index contributed by atoms with van der Waals surface area (Å²) in [6, 6.07) is 8.11. The van der Waals surface area contributed by atoms with E-state index in [4.69, 9.17) is 9.47 Å². The van der Waals surface area contributed by atoms with Crippen molar-refractivity contribution >= 4 is 23.9 Å². The molecule has 0 radical (unpaired) electrons. The van der Waals surface area contributed by atoms with Crippen molar-refractivity contribution in [1.82, 2.24) is 25.9 Å². The molecule has 0 unspecified atom stereocenters. The van der Waals surface area contributed by atoms with Crippen LogP contribution in [0.15, 0.2) is 36.7 Å². The van der Waals surface area contributed by atoms with Crippen LogP contribution in [0.25, 0.3) is 0 Å². The normalized spacial score (nSPS) is 13.1. The first-order valence-corrected chi connectivity index (χ1v) is 13.1. The third-order valence-electron chi connectivity index (χ3n) is 5.31. The lowest BCUT2D eigenvalue weighted by Gasteiger charge is -2.24. The molecule has 4 N–H and O–H groups in total. The van der Waals surface area contributed by atoms with E-state index < -0.39 is 41.1 Å². The second kappa shape index (κ2) is 13.8. The average molecular weight is 544 g/mol. The molecular weight excluding hydrogens is 502 g/mol. The number of carbonyl (C=O) groups is 4. The van der Waals surface area contributed by atoms with Crippen LogP contribution in [-0.4, -0.2) is 57.6 Å². The summed E-state index contributed by atoms with van der Waals surface area (Å²) in [7, 11) is 0. The van der Waals surface area contributed by atoms with Gasteiger partial charge in [-0.05, 0) is 73.3 Å². The number of H-pyrrole nitrogens is 1. The molecule has 0 saturated carbocycles. The number of amides is 3. The predicted molar refractivity (Wildman–Crippen MR) is 146 cm³/mol. The monoisotopic (exact) mass is 543 g/mol. The van der Waals surface area contributed by atoms with E-state index in [0.29, 0.717) is 19.4 Å². The third kappa shape index (κ3) is 11.2. The molecule has 1 aromatic heterocycles. The largest absolute Gasteiger partial charge is 0.458 e. The molecule has 0 aliphatic carbocycles. The van der Waals surface area contributed by atoms with Gasteiger partial charge in [0.05, 0.1) is 12.4 Å². The van der Waals surface area contributed by atoms with Crippen LogP contribution in [0.5, 0.6) is 0 Å². The van der Waals surface area contributed by atoms with Gasteiger partial charge in [-0.2, -0.15) is 0 Å². The molecule has 2 aromatic rings. The third-order valence-corrected chi connectivity index (χ3v) is 5.31. The second-order valence-electron chi connectivity index (χ2n) is 11.2. The number of esters is 1. The van der Waals surface area contributed by atoms with Gasteiger partial charge in [-0.15, -0.1) is 0 Å². The molecule has 2 rings (SSSR count). The smallest absolute Gasteiger partial charge is 0.407 e. The number of ether oxygens (including phenoxy) is 2. The zero-order chi connectivity index (χ0) is 29.2. The van der Waals surface area contributed by atoms with Crippen molar-refractivity contribution in [3.63, 3.8) is 0 Å². The number of nitrogens with one attached hydrogen (secondary N) is 4. The van der Waals surface area contributed by atoms with Gasteiger partial charge in [0.25, 0.3) is 11.8 Å². The zero-order valence-electron chi connectivity index (χ0n) is 23.8. The molecule has 1 heterocycles. The van der Waals surface area contributed by atoms with E-state index in [1.54, 1.807) is 41.5 Å². The summed E-state index contributed by atoms with van der Waals surface area (Å²) in [4.78, 5) is 57.5. The number of hydrogen-bond acceptors (Lipinski definition) is 7. The number of aromatic amines is 1. The Bertz CT molecular complexity index is 1120. The van der Waals surface area contributed by atoms with Crippen LogP contribution < -0.4 is 16.0 Å². The minimum atomic E-state index is -0.972. The summed E-state index contributed by atoms with van der Waals surface area (Å²) in [6.45, 7) is 12.7. The Morgan fingerprint density at radius 1 is 0.897 bits per heavy atom. The Morgan fingerprint density at radius 2 is 1.54 bits per heavy atom. The Hall–Kier alpha value is -3.89. The van der Waals surface area contributed by atoms with Crippen LogP contribution in [0.4, 0.5) is 4.79 Å². The molecule has 0 aliphatic heterocycles. The van der Waals surface area contributed by atoms with E-state index in [1.165, 1.54) is 6.33 Å². The van der Waals surface area contributed by atoms with E-state index in [1.807, 2.05) is 37.3 Å². The molecule has 3 amide bonds. The molecule has 11 nitrogen and oxygen atoms in total. The number of imidazole rings is 1. The first kappa shape index (κ1) is 31.3. The van der Waals surface area contributed by atoms with Crippen molar-refractivity contribution in [1.29, 1.82) is 0 Å². The van der Waals surface area contributed by atoms with Gasteiger partial charge in [0, 0.05) is 6.54 Å². The summed E-state index contributed by atoms with van der Waals surface area (Å²) in [5.74, 6) is -1.79. The van der Waals surface area contributed by atoms with Crippen LogP contribution in [0.1, 0.15) is 100 Å². The summed E-state index contributed by atoms with van der Waals surface area (Å²) in [5, 5.41) is 8.18. The Kier molecular flexibility index (Phi) is 11.1. The Labute approximate surface area is 229 Å². The van der Waals surface area contributed by atoms with Crippen molar-refractivity contribution in [2.45, 2.75) is 91.0 Å². The molecule has 0 bridgehead atoms. The number of unbranched alkanes of at least 4 members (excludes halogenated alkanes) is 1. The summed E-state index contributed by atoms with van der Waals surface area (Å²) in [6.07, 6.45) is 2.04. The average Bonchev–Trinajstić information content (AvgIpc) is 3.31. The summed E-state index contributed by atoms with van der Waals surface area (Å²) < 4.78 is 10.7. The molecule has 214 valence electrons. The second-order valence-corrected chi connectivity index (χ2v) is 11.2. The van der Waals surface area contributed by atoms with E-state index >= 15 is 0 Å². The first-order valence-electron chi connectivity index (χ1n) is 13.1. The van der Waals surface area contributed by atoms with Crippen molar-refractivity contribution in [3.8, 4) is 0 Å². The first-order chi connectivity index (χ1) is 18.2. The van der Waals surface area contributed by atoms with Gasteiger partial charge in [-0.3, -0.25) is 9.59 Å². The highest BCUT2D eigenvalue weighted by atomic mass is 16.6. The summed E-state index contributed by atoms with van der Waals surface area (Å²) >= 11 is 0. The van der Waals surface area contributed by atoms with Crippen LogP contribution >= 0.6 is 0 Å². The van der Waals surface area contributed by atoms with Gasteiger partial charge in [0.1, 0.15) is 22.9 Å². The van der Waals surface area contributed by atoms with E-state index in [2.05, 4.69) is 25.9 Å². The lowest BCUT2D eigenvalue weighted by atomic mass is 10.1. The Morgan fingerprint density at radius 3 is 2.15 bits per heavy atom. The van der Waals surface area contributed by atoms with Gasteiger partial charge in [-0.1, -0.05) is 30.3 Å². The van der Waals surface area contributed by atoms with E-state index in [9.17, 15) is 19.2 Å². The standard InChI is InChI=1S/C28H41N5O6/c1-18(19-13-9-8-10-14-19)32-23(34)21-22(31-17-30-21)24(35)33-20(25(36)38-27(2,3)4)15-11-12-16-29-26(37)39-28(5,6)7/h8-10,13-14,17-18,20H,11-12,15-16H2,1-7H3,(H,29,37)(H,30,31)(H,32,34)(H,33,35)/t18-,20-/m0/s1. The molecule has 2 atom stereocenters. The van der Waals surface area contributed by atoms with E-state index in [0.717, 1.165) is 5.56 Å². The number of hydrogen-bond donors (Lipinski definition) is 4. The van der Waals surface area contributed by atoms with Gasteiger partial charge >= 0.3 is 12.1 Å². The fraction of sp³-hybridized carbons (Fsp3) is 0.536. The quantitative estimate of drug-likeness (QED) is 0.247. The topological polar surface area (TPSA) is 152 Å². The van der Waals surface area contributed by atoms with Gasteiger partial charge < -0.3 is 30.4 Å². The van der Waals surface area contributed by atoms with Crippen LogP contribution in [0, 0.1) is 0 Å². The number of benzene rings is 1. The van der Waals surface area contributed by atoms with Gasteiger partial charge in [-0.25, -0.2) is 14.6 Å². The molecule has 0 aliphatic rings. The van der Waals surface area contributed by atoms with Gasteiger partial charge in [0.2, 0.25) is 0 Å². The number of aromatic nitrogens is 2. The number of nitrogens with zero attached hydrogens (tertiary/aromatic N) is 1. The fourth-order valence-electron chi connectivity index (χ4n) is 3.56. The lowest BCUT2D eigenvalue weighted by Crippen LogP contribution is -2.45. The fourth-order valence-corrected chi connectivity index (χ4v) is 3.56. The molecule has 0 fully saturated rings. The number of alkyl carbamates (subject to hydrolysis) is 1. The highest BCUT2D eigenvalue weighted by molar-refractivity contribution is 6.05. The number of carbonyl (C=O) groups excluding carboxylic acids is 4. The van der Waals surface area contributed by atoms with Crippen molar-refractivity contribution in [3.05, 3.63) is 53.6 Å². The van der Waals surface area contributed by atoms with Crippen LogP contribution in [-0.2, 0) is 14.3 Å². The van der Waals surface area contributed by atoms with Crippen LogP contribution in [0.2, 0.25) is 0 Å². The SMILES string of the molecule is C[C@H](NC(=O)c1nc[nH]c1C(=O)N[C@@H](CCCCNC(=O)OC(C)(C)C)C(=O)OC(C)(C)C)c1ccccc1.